The number of rotatable bonds is 8. The number of hydrogen-bond acceptors (Lipinski definition) is 5. The van der Waals surface area contributed by atoms with Crippen LogP contribution < -0.4 is 15.4 Å². The van der Waals surface area contributed by atoms with Crippen LogP contribution in [0.1, 0.15) is 32.6 Å². The van der Waals surface area contributed by atoms with Gasteiger partial charge in [-0.2, -0.15) is 16.3 Å². The van der Waals surface area contributed by atoms with Gasteiger partial charge in [0, 0.05) is 5.38 Å². The Hall–Kier alpha value is -2.22. The molecule has 0 aromatic carbocycles. The van der Waals surface area contributed by atoms with Crippen molar-refractivity contribution in [3.63, 3.8) is 0 Å². The highest BCUT2D eigenvalue weighted by Gasteiger charge is 2.11. The lowest BCUT2D eigenvalue weighted by molar-refractivity contribution is 0.261. The lowest BCUT2D eigenvalue weighted by Crippen LogP contribution is -2.21. The molecule has 0 unspecified atom stereocenters. The summed E-state index contributed by atoms with van der Waals surface area (Å²) in [5, 5.41) is 8.51. The molecule has 0 saturated heterocycles. The van der Waals surface area contributed by atoms with Gasteiger partial charge in [-0.3, -0.25) is 5.32 Å². The molecule has 2 amide bonds. The van der Waals surface area contributed by atoms with E-state index in [1.54, 1.807) is 11.4 Å². The maximum absolute atomic E-state index is 13.7. The monoisotopic (exact) mass is 338 g/mol. The van der Waals surface area contributed by atoms with Gasteiger partial charge in [0.1, 0.15) is 0 Å². The van der Waals surface area contributed by atoms with Gasteiger partial charge in [-0.1, -0.05) is 26.2 Å². The number of anilines is 2. The number of nitrogens with zero attached hydrogens (tertiary/aromatic N) is 2. The van der Waals surface area contributed by atoms with Gasteiger partial charge in [-0.15, -0.1) is 0 Å². The second kappa shape index (κ2) is 9.04. The summed E-state index contributed by atoms with van der Waals surface area (Å²) in [4.78, 5) is 19.4. The van der Waals surface area contributed by atoms with E-state index >= 15 is 0 Å². The number of carbonyl (C=O) groups is 1. The fourth-order valence-corrected chi connectivity index (χ4v) is 2.39. The standard InChI is InChI=1S/C15H19FN4O2S/c1-2-3-4-5-7-22-15-17-9-12(16)13(20-15)19-14(21)18-11-6-8-23-10-11/h6,8-10H,2-5,7H2,1H3,(H2,17,18,19,20,21). The number of halogens is 1. The third kappa shape index (κ3) is 5.82. The first-order valence-corrected chi connectivity index (χ1v) is 8.39. The van der Waals surface area contributed by atoms with E-state index in [-0.39, 0.29) is 11.8 Å². The first-order chi connectivity index (χ1) is 11.2. The fraction of sp³-hybridized carbons (Fsp3) is 0.400. The Morgan fingerprint density at radius 1 is 1.35 bits per heavy atom. The smallest absolute Gasteiger partial charge is 0.324 e. The Bertz CT molecular complexity index is 622. The number of unbranched alkanes of at least 4 members (excludes halogenated alkanes) is 3. The first-order valence-electron chi connectivity index (χ1n) is 7.44. The van der Waals surface area contributed by atoms with Crippen LogP contribution in [-0.4, -0.2) is 22.6 Å². The summed E-state index contributed by atoms with van der Waals surface area (Å²) in [6.07, 6.45) is 5.21. The van der Waals surface area contributed by atoms with Crippen LogP contribution in [0.4, 0.5) is 20.7 Å². The van der Waals surface area contributed by atoms with E-state index in [1.165, 1.54) is 11.3 Å². The SMILES string of the molecule is CCCCCCOc1ncc(F)c(NC(=O)Nc2ccsc2)n1. The zero-order valence-corrected chi connectivity index (χ0v) is 13.7. The molecule has 2 heterocycles. The average Bonchev–Trinajstić information content (AvgIpc) is 3.03. The van der Waals surface area contributed by atoms with Crippen molar-refractivity contribution in [3.05, 3.63) is 28.8 Å². The van der Waals surface area contributed by atoms with Crippen molar-refractivity contribution in [1.29, 1.82) is 0 Å². The molecule has 0 radical (unpaired) electrons. The Morgan fingerprint density at radius 3 is 2.96 bits per heavy atom. The molecule has 0 spiro atoms. The Labute approximate surface area is 138 Å². The number of ether oxygens (including phenoxy) is 1. The molecule has 6 nitrogen and oxygen atoms in total. The largest absolute Gasteiger partial charge is 0.463 e. The van der Waals surface area contributed by atoms with Gasteiger partial charge in [-0.05, 0) is 17.9 Å². The van der Waals surface area contributed by atoms with Gasteiger partial charge in [0.15, 0.2) is 11.6 Å². The van der Waals surface area contributed by atoms with Crippen molar-refractivity contribution in [2.24, 2.45) is 0 Å². The van der Waals surface area contributed by atoms with Gasteiger partial charge in [-0.25, -0.2) is 14.2 Å². The summed E-state index contributed by atoms with van der Waals surface area (Å²) in [6.45, 7) is 2.59. The average molecular weight is 338 g/mol. The highest BCUT2D eigenvalue weighted by Crippen LogP contribution is 2.16. The minimum Gasteiger partial charge on any atom is -0.463 e. The van der Waals surface area contributed by atoms with Crippen molar-refractivity contribution in [3.8, 4) is 6.01 Å². The zero-order valence-electron chi connectivity index (χ0n) is 12.8. The number of urea groups is 1. The van der Waals surface area contributed by atoms with Crippen LogP contribution in [0.2, 0.25) is 0 Å². The normalized spacial score (nSPS) is 10.3. The third-order valence-electron chi connectivity index (χ3n) is 2.96. The third-order valence-corrected chi connectivity index (χ3v) is 3.65. The predicted molar refractivity (Wildman–Crippen MR) is 88.6 cm³/mol. The molecule has 0 atom stereocenters. The van der Waals surface area contributed by atoms with Crippen LogP contribution in [0, 0.1) is 5.82 Å². The summed E-state index contributed by atoms with van der Waals surface area (Å²) in [6, 6.07) is 1.22. The first kappa shape index (κ1) is 17.1. The molecule has 2 rings (SSSR count). The van der Waals surface area contributed by atoms with Crippen molar-refractivity contribution in [2.75, 3.05) is 17.2 Å². The number of nitrogens with one attached hydrogen (secondary N) is 2. The summed E-state index contributed by atoms with van der Waals surface area (Å²) >= 11 is 1.45. The van der Waals surface area contributed by atoms with Gasteiger partial charge < -0.3 is 10.1 Å². The molecule has 124 valence electrons. The van der Waals surface area contributed by atoms with Gasteiger partial charge in [0.05, 0.1) is 18.5 Å². The highest BCUT2D eigenvalue weighted by atomic mass is 32.1. The minimum absolute atomic E-state index is 0.0498. The zero-order chi connectivity index (χ0) is 16.5. The van der Waals surface area contributed by atoms with Crippen LogP contribution in [0.25, 0.3) is 0 Å². The topological polar surface area (TPSA) is 76.1 Å². The van der Waals surface area contributed by atoms with E-state index in [1.807, 2.05) is 5.38 Å². The Morgan fingerprint density at radius 2 is 2.22 bits per heavy atom. The summed E-state index contributed by atoms with van der Waals surface area (Å²) < 4.78 is 19.1. The number of carbonyl (C=O) groups excluding carboxylic acids is 1. The molecule has 0 aliphatic rings. The molecule has 0 aliphatic carbocycles. The summed E-state index contributed by atoms with van der Waals surface area (Å²) in [7, 11) is 0. The molecule has 0 aliphatic heterocycles. The van der Waals surface area contributed by atoms with Crippen molar-refractivity contribution >= 4 is 28.9 Å². The molecule has 8 heteroatoms. The molecule has 23 heavy (non-hydrogen) atoms. The van der Waals surface area contributed by atoms with Crippen molar-refractivity contribution in [1.82, 2.24) is 9.97 Å². The number of hydrogen-bond donors (Lipinski definition) is 2. The number of aromatic nitrogens is 2. The lowest BCUT2D eigenvalue weighted by Gasteiger charge is -2.08. The highest BCUT2D eigenvalue weighted by molar-refractivity contribution is 7.08. The molecule has 2 aromatic heterocycles. The second-order valence-corrected chi connectivity index (χ2v) is 5.63. The van der Waals surface area contributed by atoms with Crippen molar-refractivity contribution < 1.29 is 13.9 Å². The van der Waals surface area contributed by atoms with E-state index in [2.05, 4.69) is 27.5 Å². The molecular formula is C15H19FN4O2S. The van der Waals surface area contributed by atoms with E-state index in [0.29, 0.717) is 12.3 Å². The fourth-order valence-electron chi connectivity index (χ4n) is 1.81. The van der Waals surface area contributed by atoms with Crippen LogP contribution >= 0.6 is 11.3 Å². The maximum atomic E-state index is 13.7. The second-order valence-electron chi connectivity index (χ2n) is 4.85. The van der Waals surface area contributed by atoms with Crippen molar-refractivity contribution in [2.45, 2.75) is 32.6 Å². The van der Waals surface area contributed by atoms with E-state index in [4.69, 9.17) is 4.74 Å². The van der Waals surface area contributed by atoms with Gasteiger partial charge >= 0.3 is 12.0 Å². The van der Waals surface area contributed by atoms with Crippen LogP contribution in [0.15, 0.2) is 23.0 Å². The number of amides is 2. The minimum atomic E-state index is -0.719. The summed E-state index contributed by atoms with van der Waals surface area (Å²) in [5.41, 5.74) is 0.634. The summed E-state index contributed by atoms with van der Waals surface area (Å²) in [5.74, 6) is -0.930. The quantitative estimate of drug-likeness (QED) is 0.704. The predicted octanol–water partition coefficient (Wildman–Crippen LogP) is 4.28. The van der Waals surface area contributed by atoms with Gasteiger partial charge in [0.2, 0.25) is 0 Å². The van der Waals surface area contributed by atoms with E-state index < -0.39 is 11.8 Å². The molecule has 2 aromatic rings. The van der Waals surface area contributed by atoms with Crippen LogP contribution in [0.5, 0.6) is 6.01 Å². The molecule has 0 saturated carbocycles. The maximum Gasteiger partial charge on any atom is 0.324 e. The molecular weight excluding hydrogens is 319 g/mol. The molecule has 0 bridgehead atoms. The molecule has 2 N–H and O–H groups in total. The molecule has 0 fully saturated rings. The van der Waals surface area contributed by atoms with E-state index in [9.17, 15) is 9.18 Å². The Kier molecular flexibility index (Phi) is 6.74. The Balaban J connectivity index is 1.87. The van der Waals surface area contributed by atoms with Gasteiger partial charge in [0.25, 0.3) is 0 Å². The van der Waals surface area contributed by atoms with E-state index in [0.717, 1.165) is 31.9 Å². The lowest BCUT2D eigenvalue weighted by atomic mass is 10.2. The van der Waals surface area contributed by atoms with Crippen LogP contribution in [0.3, 0.4) is 0 Å². The number of thiophene rings is 1. The van der Waals surface area contributed by atoms with Crippen LogP contribution in [-0.2, 0) is 0 Å².